The molecule has 19 heteroatoms. The van der Waals surface area contributed by atoms with Crippen LogP contribution in [0, 0.1) is 0 Å². The normalized spacial score (nSPS) is 8.57. The van der Waals surface area contributed by atoms with E-state index in [9.17, 15) is 28.8 Å². The summed E-state index contributed by atoms with van der Waals surface area (Å²) in [5, 5.41) is 33.8. The van der Waals surface area contributed by atoms with Crippen molar-refractivity contribution in [1.29, 1.82) is 0 Å². The second kappa shape index (κ2) is 17.9. The van der Waals surface area contributed by atoms with Crippen LogP contribution >= 0.6 is 0 Å². The lowest BCUT2D eigenvalue weighted by atomic mass is 9.96. The fourth-order valence-corrected chi connectivity index (χ4v) is 0.714. The van der Waals surface area contributed by atoms with Crippen molar-refractivity contribution in [2.24, 2.45) is 34.7 Å². The maximum absolute atomic E-state index is 10.3. The van der Waals surface area contributed by atoms with Gasteiger partial charge >= 0.3 is 36.0 Å². The first-order chi connectivity index (χ1) is 12.6. The average molecular weight is 417 g/mol. The maximum Gasteiger partial charge on any atom is 0.336 e. The van der Waals surface area contributed by atoms with Crippen molar-refractivity contribution in [2.45, 2.75) is 18.4 Å². The van der Waals surface area contributed by atoms with E-state index in [1.54, 1.807) is 16.3 Å². The van der Waals surface area contributed by atoms with Gasteiger partial charge in [-0.2, -0.15) is 0 Å². The van der Waals surface area contributed by atoms with Gasteiger partial charge in [-0.1, -0.05) is 0 Å². The number of amides is 6. The Morgan fingerprint density at radius 1 is 0.643 bits per heavy atom. The summed E-state index contributed by atoms with van der Waals surface area (Å²) in [6.07, 6.45) is -2.29. The molecule has 0 aromatic rings. The quantitative estimate of drug-likeness (QED) is 0.113. The van der Waals surface area contributed by atoms with E-state index in [0.29, 0.717) is 0 Å². The second-order valence-electron chi connectivity index (χ2n) is 4.00. The summed E-state index contributed by atoms with van der Waals surface area (Å²) in [7, 11) is 0. The largest absolute Gasteiger partial charge is 0.481 e. The van der Waals surface area contributed by atoms with Gasteiger partial charge in [-0.05, 0) is 0 Å². The molecule has 0 rings (SSSR count). The average Bonchev–Trinajstić information content (AvgIpc) is 2.54. The number of urea groups is 3. The number of carbonyl (C=O) groups excluding carboxylic acids is 3. The zero-order chi connectivity index (χ0) is 23.5. The summed E-state index contributed by atoms with van der Waals surface area (Å²) in [6.45, 7) is 0. The molecule has 0 spiro atoms. The predicted molar refractivity (Wildman–Crippen MR) is 87.8 cm³/mol. The highest BCUT2D eigenvalue weighted by molar-refractivity contribution is 5.88. The van der Waals surface area contributed by atoms with E-state index in [4.69, 9.17) is 20.4 Å². The zero-order valence-corrected chi connectivity index (χ0v) is 14.1. The molecule has 0 aromatic carbocycles. The third kappa shape index (κ3) is 30.0. The Morgan fingerprint density at radius 3 is 0.893 bits per heavy atom. The molecule has 0 saturated carbocycles. The number of rotatable bonds is 5. The first-order valence-electron chi connectivity index (χ1n) is 6.27. The molecule has 0 atom stereocenters. The van der Waals surface area contributed by atoms with Gasteiger partial charge in [0.05, 0.1) is 12.8 Å². The van der Waals surface area contributed by atoms with Gasteiger partial charge in [0.2, 0.25) is 0 Å². The standard InChI is InChI=1S/C6H8O7.3CH5N3O/c7-3(8)1-6(13,5(11)12)2-4(9)10;3*2-1(5)4-3/h13H,1-2H2,(H,7,8)(H,9,10)(H,11,12);3*3H2,(H3,2,4,5). The summed E-state index contributed by atoms with van der Waals surface area (Å²) >= 11 is 0. The van der Waals surface area contributed by atoms with Gasteiger partial charge in [-0.25, -0.2) is 36.7 Å². The summed E-state index contributed by atoms with van der Waals surface area (Å²) in [5.74, 6) is 8.32. The SMILES string of the molecule is NNC(N)=O.NNC(N)=O.NNC(N)=O.O=C(O)CC(O)(CC(=O)O)C(=O)O. The number of hydrogen-bond donors (Lipinski definition) is 13. The van der Waals surface area contributed by atoms with Crippen LogP contribution < -0.4 is 51.0 Å². The molecule has 0 radical (unpaired) electrons. The number of nitrogens with one attached hydrogen (secondary N) is 3. The lowest BCUT2D eigenvalue weighted by Gasteiger charge is -2.18. The predicted octanol–water partition coefficient (Wildman–Crippen LogP) is -5.66. The van der Waals surface area contributed by atoms with Crippen LogP contribution in [-0.2, 0) is 14.4 Å². The minimum Gasteiger partial charge on any atom is -0.481 e. The smallest absolute Gasteiger partial charge is 0.336 e. The van der Waals surface area contributed by atoms with Gasteiger partial charge in [0.1, 0.15) is 0 Å². The molecular formula is C9H23N9O10. The minimum atomic E-state index is -2.74. The Kier molecular flexibility index (Phi) is 20.3. The van der Waals surface area contributed by atoms with Crippen molar-refractivity contribution < 1.29 is 49.2 Å². The lowest BCUT2D eigenvalue weighted by Crippen LogP contribution is -2.42. The van der Waals surface area contributed by atoms with Crippen molar-refractivity contribution >= 4 is 36.0 Å². The van der Waals surface area contributed by atoms with Crippen LogP contribution in [0.3, 0.4) is 0 Å². The summed E-state index contributed by atoms with van der Waals surface area (Å²) in [5.41, 5.74) is 15.5. The van der Waals surface area contributed by atoms with Crippen molar-refractivity contribution in [1.82, 2.24) is 16.3 Å². The zero-order valence-electron chi connectivity index (χ0n) is 14.1. The van der Waals surface area contributed by atoms with E-state index in [1.807, 2.05) is 0 Å². The number of primary amides is 3. The molecule has 19 N–H and O–H groups in total. The van der Waals surface area contributed by atoms with E-state index < -0.39 is 54.4 Å². The van der Waals surface area contributed by atoms with Crippen LogP contribution in [0.1, 0.15) is 12.8 Å². The van der Waals surface area contributed by atoms with Gasteiger partial charge in [-0.3, -0.25) is 25.9 Å². The molecule has 0 aromatic heterocycles. The number of carboxylic acid groups (broad SMARTS) is 3. The number of carbonyl (C=O) groups is 6. The monoisotopic (exact) mass is 417 g/mol. The number of hydrazine groups is 3. The maximum atomic E-state index is 10.3. The molecule has 164 valence electrons. The first-order valence-corrected chi connectivity index (χ1v) is 6.27. The lowest BCUT2D eigenvalue weighted by molar-refractivity contribution is -0.170. The summed E-state index contributed by atoms with van der Waals surface area (Å²) in [6, 6.07) is -2.15. The Labute approximate surface area is 155 Å². The minimum absolute atomic E-state index is 0.718. The van der Waals surface area contributed by atoms with Crippen molar-refractivity contribution in [2.75, 3.05) is 0 Å². The van der Waals surface area contributed by atoms with Crippen LogP contribution in [0.5, 0.6) is 0 Å². The van der Waals surface area contributed by atoms with Gasteiger partial charge in [-0.15, -0.1) is 0 Å². The second-order valence-corrected chi connectivity index (χ2v) is 4.00. The molecule has 0 bridgehead atoms. The van der Waals surface area contributed by atoms with Crippen LogP contribution in [-0.4, -0.2) is 62.0 Å². The third-order valence-electron chi connectivity index (χ3n) is 1.71. The number of aliphatic carboxylic acids is 3. The van der Waals surface area contributed by atoms with Gasteiger partial charge in [0.25, 0.3) is 0 Å². The highest BCUT2D eigenvalue weighted by Gasteiger charge is 2.40. The van der Waals surface area contributed by atoms with Crippen molar-refractivity contribution in [3.05, 3.63) is 0 Å². The van der Waals surface area contributed by atoms with Crippen molar-refractivity contribution in [3.63, 3.8) is 0 Å². The highest BCUT2D eigenvalue weighted by Crippen LogP contribution is 2.15. The van der Waals surface area contributed by atoms with Crippen LogP contribution in [0.4, 0.5) is 14.4 Å². The molecule has 19 nitrogen and oxygen atoms in total. The van der Waals surface area contributed by atoms with E-state index in [0.717, 1.165) is 0 Å². The Bertz CT molecular complexity index is 491. The van der Waals surface area contributed by atoms with E-state index in [2.05, 4.69) is 34.7 Å². The molecule has 6 amide bonds. The summed E-state index contributed by atoms with van der Waals surface area (Å²) in [4.78, 5) is 58.5. The number of nitrogens with two attached hydrogens (primary N) is 6. The van der Waals surface area contributed by atoms with Crippen LogP contribution in [0.25, 0.3) is 0 Å². The fraction of sp³-hybridized carbons (Fsp3) is 0.333. The molecule has 0 aliphatic carbocycles. The molecule has 0 fully saturated rings. The van der Waals surface area contributed by atoms with Gasteiger partial charge in [0, 0.05) is 0 Å². The molecule has 0 unspecified atom stereocenters. The molecule has 28 heavy (non-hydrogen) atoms. The van der Waals surface area contributed by atoms with Gasteiger partial charge < -0.3 is 37.6 Å². The number of aliphatic hydroxyl groups is 1. The van der Waals surface area contributed by atoms with E-state index in [-0.39, 0.29) is 0 Å². The van der Waals surface area contributed by atoms with E-state index in [1.165, 1.54) is 0 Å². The Morgan fingerprint density at radius 2 is 0.821 bits per heavy atom. The Hall–Kier alpha value is -3.94. The number of carboxylic acids is 3. The molecule has 0 aliphatic heterocycles. The molecule has 0 saturated heterocycles. The first kappa shape index (κ1) is 31.8. The molecule has 0 heterocycles. The number of hydrogen-bond acceptors (Lipinski definition) is 10. The highest BCUT2D eigenvalue weighted by atomic mass is 16.4. The summed E-state index contributed by atoms with van der Waals surface area (Å²) < 4.78 is 0. The van der Waals surface area contributed by atoms with Gasteiger partial charge in [0.15, 0.2) is 5.60 Å². The topological polar surface area (TPSA) is 376 Å². The van der Waals surface area contributed by atoms with Crippen LogP contribution in [0.2, 0.25) is 0 Å². The fourth-order valence-electron chi connectivity index (χ4n) is 0.714. The van der Waals surface area contributed by atoms with E-state index >= 15 is 0 Å². The Balaban J connectivity index is -0.000000159. The third-order valence-corrected chi connectivity index (χ3v) is 1.71. The van der Waals surface area contributed by atoms with Crippen LogP contribution in [0.15, 0.2) is 0 Å². The van der Waals surface area contributed by atoms with Crippen molar-refractivity contribution in [3.8, 4) is 0 Å². The molecular weight excluding hydrogens is 394 g/mol. The molecule has 0 aliphatic rings.